The van der Waals surface area contributed by atoms with E-state index in [0.717, 1.165) is 17.7 Å². The van der Waals surface area contributed by atoms with Gasteiger partial charge in [-0.1, -0.05) is 32.6 Å². The number of ether oxygens (including phenoxy) is 1. The van der Waals surface area contributed by atoms with E-state index >= 15 is 0 Å². The summed E-state index contributed by atoms with van der Waals surface area (Å²) in [6.45, 7) is 8.83. The molecule has 0 N–H and O–H groups in total. The van der Waals surface area contributed by atoms with Crippen molar-refractivity contribution in [3.05, 3.63) is 42.0 Å². The lowest BCUT2D eigenvalue weighted by molar-refractivity contribution is 0.353. The molecule has 1 rings (SSSR count). The third kappa shape index (κ3) is 3.93. The zero-order valence-electron chi connectivity index (χ0n) is 10.1. The normalized spacial score (nSPS) is 12.2. The molecule has 0 fully saturated rings. The topological polar surface area (TPSA) is 9.23 Å². The molecule has 1 unspecified atom stereocenters. The maximum absolute atomic E-state index is 5.58. The second kappa shape index (κ2) is 6.64. The van der Waals surface area contributed by atoms with Crippen LogP contribution in [0.1, 0.15) is 31.7 Å². The summed E-state index contributed by atoms with van der Waals surface area (Å²) in [6, 6.07) is 8.31. The Kier molecular flexibility index (Phi) is 5.47. The summed E-state index contributed by atoms with van der Waals surface area (Å²) in [4.78, 5) is 0. The lowest BCUT2D eigenvalue weighted by atomic mass is 9.99. The molecule has 1 aromatic rings. The molecule has 0 heterocycles. The molecule has 16 heavy (non-hydrogen) atoms. The molecule has 2 heteroatoms. The van der Waals surface area contributed by atoms with Crippen molar-refractivity contribution in [2.24, 2.45) is 0 Å². The Balaban J connectivity index is 2.54. The quantitative estimate of drug-likeness (QED) is 0.579. The number of hydrogen-bond donors (Lipinski definition) is 1. The van der Waals surface area contributed by atoms with E-state index in [1.165, 1.54) is 5.56 Å². The molecule has 0 aliphatic rings. The van der Waals surface area contributed by atoms with Gasteiger partial charge < -0.3 is 4.74 Å². The fraction of sp³-hybridized carbons (Fsp3) is 0.429. The summed E-state index contributed by atoms with van der Waals surface area (Å²) in [5.41, 5.74) is 2.36. The Morgan fingerprint density at radius 2 is 2.00 bits per heavy atom. The number of rotatable bonds is 6. The molecule has 0 aromatic heterocycles. The van der Waals surface area contributed by atoms with Gasteiger partial charge in [0.1, 0.15) is 12.4 Å². The second-order valence-electron chi connectivity index (χ2n) is 4.08. The SMILES string of the molecule is C=C(CS)COc1ccc(C(C)CC)cc1. The van der Waals surface area contributed by atoms with Crippen LogP contribution in [0.15, 0.2) is 36.4 Å². The summed E-state index contributed by atoms with van der Waals surface area (Å²) in [7, 11) is 0. The molecule has 88 valence electrons. The molecule has 0 spiro atoms. The van der Waals surface area contributed by atoms with Crippen LogP contribution in [-0.2, 0) is 0 Å². The highest BCUT2D eigenvalue weighted by Crippen LogP contribution is 2.21. The molecule has 1 nitrogen and oxygen atoms in total. The summed E-state index contributed by atoms with van der Waals surface area (Å²) < 4.78 is 5.58. The summed E-state index contributed by atoms with van der Waals surface area (Å²) in [5, 5.41) is 0. The van der Waals surface area contributed by atoms with Crippen LogP contribution >= 0.6 is 12.6 Å². The summed E-state index contributed by atoms with van der Waals surface area (Å²) >= 11 is 4.14. The molecular formula is C14H20OS. The predicted molar refractivity (Wildman–Crippen MR) is 73.6 cm³/mol. The Labute approximate surface area is 104 Å². The van der Waals surface area contributed by atoms with Gasteiger partial charge in [0.25, 0.3) is 0 Å². The molecule has 0 saturated heterocycles. The first-order valence-corrected chi connectivity index (χ1v) is 6.30. The molecule has 1 atom stereocenters. The van der Waals surface area contributed by atoms with Crippen LogP contribution in [0.3, 0.4) is 0 Å². The zero-order chi connectivity index (χ0) is 12.0. The van der Waals surface area contributed by atoms with Gasteiger partial charge in [0.15, 0.2) is 0 Å². The van der Waals surface area contributed by atoms with E-state index in [4.69, 9.17) is 4.74 Å². The van der Waals surface area contributed by atoms with Gasteiger partial charge in [-0.15, -0.1) is 0 Å². The van der Waals surface area contributed by atoms with Gasteiger partial charge in [0.2, 0.25) is 0 Å². The molecule has 0 bridgehead atoms. The zero-order valence-corrected chi connectivity index (χ0v) is 11.0. The molecule has 0 aliphatic heterocycles. The average molecular weight is 236 g/mol. The minimum Gasteiger partial charge on any atom is -0.489 e. The highest BCUT2D eigenvalue weighted by atomic mass is 32.1. The van der Waals surface area contributed by atoms with Crippen LogP contribution in [0, 0.1) is 0 Å². The first-order valence-electron chi connectivity index (χ1n) is 5.67. The fourth-order valence-electron chi connectivity index (χ4n) is 1.36. The largest absolute Gasteiger partial charge is 0.489 e. The minimum absolute atomic E-state index is 0.548. The van der Waals surface area contributed by atoms with Crippen molar-refractivity contribution >= 4 is 12.6 Å². The van der Waals surface area contributed by atoms with Crippen molar-refractivity contribution in [2.75, 3.05) is 12.4 Å². The van der Waals surface area contributed by atoms with Crippen molar-refractivity contribution in [3.63, 3.8) is 0 Å². The molecule has 0 radical (unpaired) electrons. The van der Waals surface area contributed by atoms with Crippen LogP contribution in [-0.4, -0.2) is 12.4 Å². The summed E-state index contributed by atoms with van der Waals surface area (Å²) in [5.74, 6) is 2.18. The van der Waals surface area contributed by atoms with Gasteiger partial charge in [-0.05, 0) is 35.6 Å². The van der Waals surface area contributed by atoms with Crippen molar-refractivity contribution in [1.29, 1.82) is 0 Å². The van der Waals surface area contributed by atoms with E-state index in [1.54, 1.807) is 0 Å². The Bertz CT molecular complexity index is 329. The van der Waals surface area contributed by atoms with Crippen LogP contribution in [0.2, 0.25) is 0 Å². The monoisotopic (exact) mass is 236 g/mol. The maximum atomic E-state index is 5.58. The third-order valence-electron chi connectivity index (χ3n) is 2.73. The van der Waals surface area contributed by atoms with Crippen LogP contribution in [0.4, 0.5) is 0 Å². The maximum Gasteiger partial charge on any atom is 0.119 e. The van der Waals surface area contributed by atoms with Crippen LogP contribution < -0.4 is 4.74 Å². The smallest absolute Gasteiger partial charge is 0.119 e. The first-order chi connectivity index (χ1) is 7.67. The Hall–Kier alpha value is -0.890. The third-order valence-corrected chi connectivity index (χ3v) is 3.18. The number of benzene rings is 1. The molecule has 1 aromatic carbocycles. The van der Waals surface area contributed by atoms with Gasteiger partial charge in [0.05, 0.1) is 0 Å². The number of hydrogen-bond acceptors (Lipinski definition) is 2. The lowest BCUT2D eigenvalue weighted by Gasteiger charge is -2.11. The van der Waals surface area contributed by atoms with Crippen LogP contribution in [0.5, 0.6) is 5.75 Å². The van der Waals surface area contributed by atoms with E-state index in [2.05, 4.69) is 45.2 Å². The van der Waals surface area contributed by atoms with E-state index in [0.29, 0.717) is 18.3 Å². The van der Waals surface area contributed by atoms with E-state index < -0.39 is 0 Å². The van der Waals surface area contributed by atoms with Gasteiger partial charge >= 0.3 is 0 Å². The van der Waals surface area contributed by atoms with E-state index in [9.17, 15) is 0 Å². The van der Waals surface area contributed by atoms with Gasteiger partial charge in [-0.25, -0.2) is 0 Å². The Morgan fingerprint density at radius 3 is 2.50 bits per heavy atom. The van der Waals surface area contributed by atoms with E-state index in [1.807, 2.05) is 12.1 Å². The standard InChI is InChI=1S/C14H20OS/c1-4-12(3)13-5-7-14(8-6-13)15-9-11(2)10-16/h5-8,12,16H,2,4,9-10H2,1,3H3. The minimum atomic E-state index is 0.548. The van der Waals surface area contributed by atoms with Gasteiger partial charge in [0, 0.05) is 5.75 Å². The summed E-state index contributed by atoms with van der Waals surface area (Å²) in [6.07, 6.45) is 1.16. The molecule has 0 aliphatic carbocycles. The van der Waals surface area contributed by atoms with Crippen molar-refractivity contribution < 1.29 is 4.74 Å². The van der Waals surface area contributed by atoms with Crippen molar-refractivity contribution in [3.8, 4) is 5.75 Å². The first kappa shape index (κ1) is 13.2. The highest BCUT2D eigenvalue weighted by molar-refractivity contribution is 7.80. The number of thiol groups is 1. The van der Waals surface area contributed by atoms with Crippen molar-refractivity contribution in [2.45, 2.75) is 26.2 Å². The lowest BCUT2D eigenvalue weighted by Crippen LogP contribution is -2.01. The van der Waals surface area contributed by atoms with E-state index in [-0.39, 0.29) is 0 Å². The molecule has 0 amide bonds. The Morgan fingerprint density at radius 1 is 1.38 bits per heavy atom. The highest BCUT2D eigenvalue weighted by Gasteiger charge is 2.02. The predicted octanol–water partition coefficient (Wildman–Crippen LogP) is 4.06. The van der Waals surface area contributed by atoms with Gasteiger partial charge in [-0.3, -0.25) is 0 Å². The van der Waals surface area contributed by atoms with Crippen LogP contribution in [0.25, 0.3) is 0 Å². The second-order valence-corrected chi connectivity index (χ2v) is 4.39. The fourth-order valence-corrected chi connectivity index (χ4v) is 1.45. The van der Waals surface area contributed by atoms with Gasteiger partial charge in [-0.2, -0.15) is 12.6 Å². The van der Waals surface area contributed by atoms with Crippen molar-refractivity contribution in [1.82, 2.24) is 0 Å². The molecule has 0 saturated carbocycles. The molecular weight excluding hydrogens is 216 g/mol. The average Bonchev–Trinajstić information content (AvgIpc) is 2.35.